The van der Waals surface area contributed by atoms with Crippen molar-refractivity contribution in [2.45, 2.75) is 122 Å². The van der Waals surface area contributed by atoms with Crippen LogP contribution in [0.4, 0.5) is 0 Å². The molecule has 43 heavy (non-hydrogen) atoms. The Balaban J connectivity index is 1.50. The maximum Gasteiger partial charge on any atom is 0.274 e. The van der Waals surface area contributed by atoms with Crippen LogP contribution in [0.5, 0.6) is 0 Å². The molecule has 6 nitrogen and oxygen atoms in total. The van der Waals surface area contributed by atoms with Crippen LogP contribution in [-0.4, -0.2) is 30.1 Å². The first-order valence-electron chi connectivity index (χ1n) is 16.7. The molecule has 0 N–H and O–H groups in total. The van der Waals surface area contributed by atoms with Crippen molar-refractivity contribution in [1.29, 1.82) is 0 Å². The van der Waals surface area contributed by atoms with Gasteiger partial charge in [0.25, 0.3) is 11.1 Å². The van der Waals surface area contributed by atoms with Gasteiger partial charge < -0.3 is 9.22 Å². The molecule has 2 bridgehead atoms. The van der Waals surface area contributed by atoms with Crippen LogP contribution in [0.25, 0.3) is 10.8 Å². The lowest BCUT2D eigenvalue weighted by Crippen LogP contribution is -2.78. The number of benzene rings is 1. The minimum Gasteiger partial charge on any atom is -0.414 e. The molecule has 3 fully saturated rings. The van der Waals surface area contributed by atoms with E-state index in [9.17, 15) is 14.4 Å². The lowest BCUT2D eigenvalue weighted by Gasteiger charge is -2.72. The first-order chi connectivity index (χ1) is 20.1. The Kier molecular flexibility index (Phi) is 6.12. The highest BCUT2D eigenvalue weighted by molar-refractivity contribution is 6.74. The number of allylic oxidation sites excluding steroid dienone is 2. The zero-order chi connectivity index (χ0) is 31.0. The molecule has 232 valence electrons. The number of nitrogens with zero attached hydrogens (tertiary/aromatic N) is 2. The van der Waals surface area contributed by atoms with Crippen LogP contribution in [-0.2, 0) is 20.3 Å². The highest BCUT2D eigenvalue weighted by Gasteiger charge is 2.74. The Morgan fingerprint density at radius 3 is 2.21 bits per heavy atom. The van der Waals surface area contributed by atoms with Crippen LogP contribution in [0.3, 0.4) is 0 Å². The second-order valence-electron chi connectivity index (χ2n) is 16.9. The quantitative estimate of drug-likeness (QED) is 0.215. The zero-order valence-electron chi connectivity index (χ0n) is 27.4. The Labute approximate surface area is 257 Å². The molecule has 2 aromatic rings. The molecule has 2 aliphatic heterocycles. The SMILES string of the molecule is C[C@@H](C=O)C1CCC2C34C=CC5(CC(O[Si](C)(C)C(C)(C)C)CC[C@@]5(C)C3CC[C@@]12C)n1c(=O)c2ccccc2c(=O)n14. The van der Waals surface area contributed by atoms with E-state index in [1.165, 1.54) is 0 Å². The van der Waals surface area contributed by atoms with Gasteiger partial charge in [0.15, 0.2) is 8.32 Å². The van der Waals surface area contributed by atoms with Crippen LogP contribution in [0.15, 0.2) is 46.0 Å². The van der Waals surface area contributed by atoms with Crippen LogP contribution < -0.4 is 11.1 Å². The molecule has 1 aromatic heterocycles. The molecule has 3 heterocycles. The zero-order valence-corrected chi connectivity index (χ0v) is 28.4. The van der Waals surface area contributed by atoms with Gasteiger partial charge in [-0.15, -0.1) is 0 Å². The molecule has 4 aliphatic carbocycles. The highest BCUT2D eigenvalue weighted by Crippen LogP contribution is 2.74. The van der Waals surface area contributed by atoms with Gasteiger partial charge in [0.05, 0.1) is 21.9 Å². The van der Waals surface area contributed by atoms with Gasteiger partial charge in [0, 0.05) is 23.9 Å². The van der Waals surface area contributed by atoms with E-state index in [0.717, 1.165) is 44.8 Å². The second kappa shape index (κ2) is 8.93. The van der Waals surface area contributed by atoms with Gasteiger partial charge in [-0.25, -0.2) is 9.36 Å². The summed E-state index contributed by atoms with van der Waals surface area (Å²) in [6.07, 6.45) is 12.6. The fourth-order valence-corrected chi connectivity index (χ4v) is 12.5. The molecule has 9 atom stereocenters. The lowest BCUT2D eigenvalue weighted by atomic mass is 9.40. The largest absolute Gasteiger partial charge is 0.414 e. The van der Waals surface area contributed by atoms with Crippen molar-refractivity contribution in [2.24, 2.45) is 34.5 Å². The normalized spacial score (nSPS) is 40.5. The number of carbonyl (C=O) groups excluding carboxylic acids is 1. The van der Waals surface area contributed by atoms with E-state index in [4.69, 9.17) is 4.43 Å². The maximum atomic E-state index is 14.8. The Bertz CT molecular complexity index is 1670. The van der Waals surface area contributed by atoms with Crippen molar-refractivity contribution in [3.8, 4) is 0 Å². The molecule has 8 rings (SSSR count). The summed E-state index contributed by atoms with van der Waals surface area (Å²) in [6.45, 7) is 18.4. The summed E-state index contributed by atoms with van der Waals surface area (Å²) in [5.41, 5.74) is -1.59. The molecule has 1 aromatic carbocycles. The highest BCUT2D eigenvalue weighted by atomic mass is 28.4. The monoisotopic (exact) mass is 602 g/mol. The van der Waals surface area contributed by atoms with E-state index in [1.807, 2.05) is 33.6 Å². The number of hydrogen-bond acceptors (Lipinski definition) is 4. The van der Waals surface area contributed by atoms with Crippen molar-refractivity contribution < 1.29 is 9.22 Å². The summed E-state index contributed by atoms with van der Waals surface area (Å²) in [6, 6.07) is 7.41. The van der Waals surface area contributed by atoms with Gasteiger partial charge in [0.2, 0.25) is 0 Å². The third-order valence-electron chi connectivity index (χ3n) is 14.2. The molecule has 0 amide bonds. The smallest absolute Gasteiger partial charge is 0.274 e. The van der Waals surface area contributed by atoms with Crippen molar-refractivity contribution in [3.05, 3.63) is 57.1 Å². The summed E-state index contributed by atoms with van der Waals surface area (Å²) in [5, 5.41) is 1.12. The molecule has 6 unspecified atom stereocenters. The summed E-state index contributed by atoms with van der Waals surface area (Å²) < 4.78 is 11.0. The maximum absolute atomic E-state index is 14.8. The van der Waals surface area contributed by atoms with Crippen LogP contribution in [0, 0.1) is 34.5 Å². The molecular formula is C36H50N2O4Si. The molecule has 0 radical (unpaired) electrons. The number of rotatable bonds is 4. The summed E-state index contributed by atoms with van der Waals surface area (Å²) >= 11 is 0. The van der Waals surface area contributed by atoms with E-state index in [0.29, 0.717) is 17.2 Å². The van der Waals surface area contributed by atoms with Gasteiger partial charge in [0.1, 0.15) is 6.29 Å². The molecule has 0 saturated heterocycles. The molecular weight excluding hydrogens is 552 g/mol. The van der Waals surface area contributed by atoms with Crippen molar-refractivity contribution >= 4 is 25.4 Å². The topological polar surface area (TPSA) is 70.3 Å². The number of aromatic nitrogens is 2. The van der Waals surface area contributed by atoms with Gasteiger partial charge >= 0.3 is 0 Å². The van der Waals surface area contributed by atoms with E-state index in [1.54, 1.807) is 0 Å². The minimum absolute atomic E-state index is 0.0211. The number of fused-ring (bicyclic) bond motifs is 2. The molecule has 2 spiro atoms. The Morgan fingerprint density at radius 1 is 0.930 bits per heavy atom. The van der Waals surface area contributed by atoms with Crippen molar-refractivity contribution in [2.75, 3.05) is 0 Å². The van der Waals surface area contributed by atoms with Gasteiger partial charge in [-0.1, -0.05) is 65.8 Å². The van der Waals surface area contributed by atoms with Crippen LogP contribution >= 0.6 is 0 Å². The van der Waals surface area contributed by atoms with Crippen LogP contribution in [0.2, 0.25) is 18.1 Å². The Hall–Kier alpha value is -2.25. The van der Waals surface area contributed by atoms with Crippen molar-refractivity contribution in [1.82, 2.24) is 9.36 Å². The first-order valence-corrected chi connectivity index (χ1v) is 19.6. The molecule has 6 aliphatic rings. The van der Waals surface area contributed by atoms with Gasteiger partial charge in [-0.2, -0.15) is 0 Å². The number of hydrogen-bond donors (Lipinski definition) is 0. The average Bonchev–Trinajstić information content (AvgIpc) is 3.32. The van der Waals surface area contributed by atoms with Crippen molar-refractivity contribution in [3.63, 3.8) is 0 Å². The first kappa shape index (κ1) is 29.5. The second-order valence-corrected chi connectivity index (χ2v) is 21.7. The predicted molar refractivity (Wildman–Crippen MR) is 174 cm³/mol. The van der Waals surface area contributed by atoms with E-state index >= 15 is 0 Å². The Morgan fingerprint density at radius 2 is 1.58 bits per heavy atom. The summed E-state index contributed by atoms with van der Waals surface area (Å²) in [4.78, 5) is 41.7. The molecule has 7 heteroatoms. The van der Waals surface area contributed by atoms with E-state index < -0.39 is 19.4 Å². The van der Waals surface area contributed by atoms with Gasteiger partial charge in [-0.05, 0) is 92.0 Å². The number of carbonyl (C=O) groups is 1. The van der Waals surface area contributed by atoms with E-state index in [2.05, 4.69) is 66.8 Å². The average molecular weight is 603 g/mol. The lowest BCUT2D eigenvalue weighted by molar-refractivity contribution is -0.200. The van der Waals surface area contributed by atoms with E-state index in [-0.39, 0.29) is 56.8 Å². The standard InChI is InChI=1S/C36H50N2O4Si/c1-23(22-39)27-13-14-28-33(27,5)17-16-29-34(6)18-15-24(42-43(7,8)32(2,3)4)21-35(34)19-20-36(28,29)38-31(41)26-12-10-9-11-25(26)30(40)37(35)38/h9-12,19-20,22-24,27-29H,13-18,21H2,1-8H3/t23-,24?,27?,28?,29?,33-,34-,35?,36?/m0/s1. The third-order valence-corrected chi connectivity index (χ3v) is 18.8. The summed E-state index contributed by atoms with van der Waals surface area (Å²) in [5.74, 6) is 0.682. The fourth-order valence-electron chi connectivity index (χ4n) is 11.1. The predicted octanol–water partition coefficient (Wildman–Crippen LogP) is 7.00. The van der Waals surface area contributed by atoms with Crippen LogP contribution in [0.1, 0.15) is 86.5 Å². The third kappa shape index (κ3) is 3.42. The minimum atomic E-state index is -2.06. The number of aldehydes is 1. The molecule has 3 saturated carbocycles. The fraction of sp³-hybridized carbons (Fsp3) is 0.694. The summed E-state index contributed by atoms with van der Waals surface area (Å²) in [7, 11) is -2.06. The van der Waals surface area contributed by atoms with Gasteiger partial charge in [-0.3, -0.25) is 9.59 Å².